The highest BCUT2D eigenvalue weighted by molar-refractivity contribution is 5.76. The van der Waals surface area contributed by atoms with Gasteiger partial charge in [-0.2, -0.15) is 5.10 Å². The number of benzene rings is 3. The summed E-state index contributed by atoms with van der Waals surface area (Å²) >= 11 is 0. The molecule has 6 heteroatoms. The van der Waals surface area contributed by atoms with Crippen LogP contribution in [0.5, 0.6) is 11.5 Å². The number of hydrogen-bond donors (Lipinski definition) is 1. The number of methoxy groups -OCH3 is 2. The van der Waals surface area contributed by atoms with Gasteiger partial charge in [0.1, 0.15) is 11.5 Å². The lowest BCUT2D eigenvalue weighted by Gasteiger charge is -2.09. The smallest absolute Gasteiger partial charge is 0.220 e. The van der Waals surface area contributed by atoms with Gasteiger partial charge in [-0.1, -0.05) is 48.5 Å². The van der Waals surface area contributed by atoms with Gasteiger partial charge in [-0.3, -0.25) is 4.79 Å². The molecule has 1 aromatic heterocycles. The monoisotopic (exact) mass is 441 g/mol. The second kappa shape index (κ2) is 10.5. The van der Waals surface area contributed by atoms with E-state index in [0.717, 1.165) is 28.1 Å². The Bertz CT molecular complexity index is 1180. The Labute approximate surface area is 193 Å². The van der Waals surface area contributed by atoms with E-state index in [9.17, 15) is 4.79 Å². The fourth-order valence-corrected chi connectivity index (χ4v) is 3.64. The first-order chi connectivity index (χ1) is 16.2. The van der Waals surface area contributed by atoms with Crippen LogP contribution in [0.15, 0.2) is 85.1 Å². The summed E-state index contributed by atoms with van der Waals surface area (Å²) in [5, 5.41) is 7.84. The minimum Gasteiger partial charge on any atom is -0.497 e. The molecule has 1 N–H and O–H groups in total. The SMILES string of the molecule is COc1cc(CCC(=O)NCc2cn(-c3ccccc3)nc2-c2ccccc2)cc(OC)c1. The maximum atomic E-state index is 12.6. The van der Waals surface area contributed by atoms with Crippen LogP contribution in [-0.2, 0) is 17.8 Å². The summed E-state index contributed by atoms with van der Waals surface area (Å²) < 4.78 is 12.5. The van der Waals surface area contributed by atoms with Crippen LogP contribution in [0, 0.1) is 0 Å². The molecule has 3 aromatic carbocycles. The average Bonchev–Trinajstić information content (AvgIpc) is 3.31. The number of nitrogens with one attached hydrogen (secondary N) is 1. The zero-order chi connectivity index (χ0) is 23.0. The Morgan fingerprint density at radius 3 is 2.18 bits per heavy atom. The van der Waals surface area contributed by atoms with Gasteiger partial charge in [-0.25, -0.2) is 4.68 Å². The van der Waals surface area contributed by atoms with E-state index in [1.165, 1.54) is 0 Å². The molecule has 0 aliphatic heterocycles. The minimum absolute atomic E-state index is 0.0248. The van der Waals surface area contributed by atoms with Crippen molar-refractivity contribution in [1.29, 1.82) is 0 Å². The molecule has 0 radical (unpaired) electrons. The van der Waals surface area contributed by atoms with Crippen molar-refractivity contribution in [2.45, 2.75) is 19.4 Å². The van der Waals surface area contributed by atoms with Crippen molar-refractivity contribution >= 4 is 5.91 Å². The van der Waals surface area contributed by atoms with Gasteiger partial charge in [0.2, 0.25) is 5.91 Å². The van der Waals surface area contributed by atoms with Gasteiger partial charge in [-0.05, 0) is 36.2 Å². The number of hydrogen-bond acceptors (Lipinski definition) is 4. The number of carbonyl (C=O) groups excluding carboxylic acids is 1. The first kappa shape index (κ1) is 22.1. The maximum absolute atomic E-state index is 12.6. The second-order valence-electron chi connectivity index (χ2n) is 7.65. The third-order valence-corrected chi connectivity index (χ3v) is 5.39. The van der Waals surface area contributed by atoms with E-state index >= 15 is 0 Å². The van der Waals surface area contributed by atoms with Gasteiger partial charge in [0.25, 0.3) is 0 Å². The first-order valence-corrected chi connectivity index (χ1v) is 10.8. The lowest BCUT2D eigenvalue weighted by Crippen LogP contribution is -2.23. The Morgan fingerprint density at radius 2 is 1.55 bits per heavy atom. The average molecular weight is 442 g/mol. The molecule has 0 fully saturated rings. The van der Waals surface area contributed by atoms with Crippen molar-refractivity contribution in [3.63, 3.8) is 0 Å². The van der Waals surface area contributed by atoms with E-state index in [1.807, 2.05) is 89.7 Å². The van der Waals surface area contributed by atoms with Gasteiger partial charge in [0.05, 0.1) is 25.6 Å². The lowest BCUT2D eigenvalue weighted by molar-refractivity contribution is -0.121. The predicted octanol–water partition coefficient (Wildman–Crippen LogP) is 4.81. The van der Waals surface area contributed by atoms with E-state index in [1.54, 1.807) is 14.2 Å². The highest BCUT2D eigenvalue weighted by Crippen LogP contribution is 2.25. The molecule has 0 saturated heterocycles. The van der Waals surface area contributed by atoms with Gasteiger partial charge in [0, 0.05) is 36.4 Å². The number of ether oxygens (including phenoxy) is 2. The van der Waals surface area contributed by atoms with Crippen molar-refractivity contribution in [2.75, 3.05) is 14.2 Å². The normalized spacial score (nSPS) is 10.6. The molecule has 1 amide bonds. The molecule has 0 aliphatic rings. The third kappa shape index (κ3) is 5.60. The van der Waals surface area contributed by atoms with Gasteiger partial charge < -0.3 is 14.8 Å². The Balaban J connectivity index is 1.46. The van der Waals surface area contributed by atoms with Crippen molar-refractivity contribution in [1.82, 2.24) is 15.1 Å². The Morgan fingerprint density at radius 1 is 0.909 bits per heavy atom. The van der Waals surface area contributed by atoms with Crippen LogP contribution >= 0.6 is 0 Å². The fraction of sp³-hybridized carbons (Fsp3) is 0.185. The number of carbonyl (C=O) groups is 1. The van der Waals surface area contributed by atoms with Crippen molar-refractivity contribution in [2.24, 2.45) is 0 Å². The van der Waals surface area contributed by atoms with Crippen molar-refractivity contribution < 1.29 is 14.3 Å². The van der Waals surface area contributed by atoms with Crippen LogP contribution in [0.2, 0.25) is 0 Å². The molecule has 0 spiro atoms. The van der Waals surface area contributed by atoms with E-state index in [-0.39, 0.29) is 5.91 Å². The number of amides is 1. The summed E-state index contributed by atoms with van der Waals surface area (Å²) in [6, 6.07) is 25.6. The van der Waals surface area contributed by atoms with Crippen LogP contribution in [0.1, 0.15) is 17.5 Å². The summed E-state index contributed by atoms with van der Waals surface area (Å²) in [5.74, 6) is 1.40. The lowest BCUT2D eigenvalue weighted by atomic mass is 10.1. The molecule has 0 aliphatic carbocycles. The molecular formula is C27H27N3O3. The summed E-state index contributed by atoms with van der Waals surface area (Å²) in [4.78, 5) is 12.6. The largest absolute Gasteiger partial charge is 0.497 e. The molecule has 0 unspecified atom stereocenters. The van der Waals surface area contributed by atoms with E-state index in [4.69, 9.17) is 14.6 Å². The van der Waals surface area contributed by atoms with E-state index in [0.29, 0.717) is 30.9 Å². The number of aryl methyl sites for hydroxylation is 1. The molecular weight excluding hydrogens is 414 g/mol. The fourth-order valence-electron chi connectivity index (χ4n) is 3.64. The molecule has 1 heterocycles. The van der Waals surface area contributed by atoms with Crippen LogP contribution < -0.4 is 14.8 Å². The van der Waals surface area contributed by atoms with Crippen LogP contribution in [-0.4, -0.2) is 29.9 Å². The zero-order valence-electron chi connectivity index (χ0n) is 18.8. The Hall–Kier alpha value is -4.06. The van der Waals surface area contributed by atoms with Gasteiger partial charge in [0.15, 0.2) is 0 Å². The molecule has 168 valence electrons. The number of rotatable bonds is 9. The molecule has 6 nitrogen and oxygen atoms in total. The predicted molar refractivity (Wildman–Crippen MR) is 129 cm³/mol. The molecule has 33 heavy (non-hydrogen) atoms. The van der Waals surface area contributed by atoms with E-state index < -0.39 is 0 Å². The van der Waals surface area contributed by atoms with Gasteiger partial charge in [-0.15, -0.1) is 0 Å². The maximum Gasteiger partial charge on any atom is 0.220 e. The number of nitrogens with zero attached hydrogens (tertiary/aromatic N) is 2. The second-order valence-corrected chi connectivity index (χ2v) is 7.65. The molecule has 4 rings (SSSR count). The summed E-state index contributed by atoms with van der Waals surface area (Å²) in [7, 11) is 3.23. The van der Waals surface area contributed by atoms with E-state index in [2.05, 4.69) is 5.32 Å². The van der Waals surface area contributed by atoms with Crippen LogP contribution in [0.4, 0.5) is 0 Å². The standard InChI is InChI=1S/C27H27N3O3/c1-32-24-15-20(16-25(17-24)33-2)13-14-26(31)28-18-22-19-30(23-11-7-4-8-12-23)29-27(22)21-9-5-3-6-10-21/h3-12,15-17,19H,13-14,18H2,1-2H3,(H,28,31). The molecule has 0 atom stereocenters. The minimum atomic E-state index is -0.0248. The number of aromatic nitrogens is 2. The van der Waals surface area contributed by atoms with Crippen LogP contribution in [0.3, 0.4) is 0 Å². The van der Waals surface area contributed by atoms with Crippen LogP contribution in [0.25, 0.3) is 16.9 Å². The molecule has 4 aromatic rings. The summed E-state index contributed by atoms with van der Waals surface area (Å²) in [6.45, 7) is 0.400. The summed E-state index contributed by atoms with van der Waals surface area (Å²) in [5.41, 5.74) is 4.79. The third-order valence-electron chi connectivity index (χ3n) is 5.39. The quantitative estimate of drug-likeness (QED) is 0.405. The topological polar surface area (TPSA) is 65.4 Å². The zero-order valence-corrected chi connectivity index (χ0v) is 18.8. The van der Waals surface area contributed by atoms with Crippen molar-refractivity contribution in [3.05, 3.63) is 96.2 Å². The van der Waals surface area contributed by atoms with Gasteiger partial charge >= 0.3 is 0 Å². The molecule has 0 saturated carbocycles. The summed E-state index contributed by atoms with van der Waals surface area (Å²) in [6.07, 6.45) is 2.93. The number of para-hydroxylation sites is 1. The molecule has 0 bridgehead atoms. The van der Waals surface area contributed by atoms with Crippen molar-refractivity contribution in [3.8, 4) is 28.4 Å². The Kier molecular flexibility index (Phi) is 7.05. The first-order valence-electron chi connectivity index (χ1n) is 10.8. The highest BCUT2D eigenvalue weighted by Gasteiger charge is 2.13. The highest BCUT2D eigenvalue weighted by atomic mass is 16.5.